The standard InChI is InChI=1S/C12H14FNO3/c1-16-12(15)11-6-10(7-14-11)17-9-4-2-8(13)3-5-9/h2-5,10-11,14H,6-7H2,1H3/t10-,11+/m1/s1. The summed E-state index contributed by atoms with van der Waals surface area (Å²) in [6.45, 7) is 0.580. The lowest BCUT2D eigenvalue weighted by atomic mass is 10.2. The summed E-state index contributed by atoms with van der Waals surface area (Å²) in [5.74, 6) is 0.0215. The summed E-state index contributed by atoms with van der Waals surface area (Å²) in [5.41, 5.74) is 0. The third kappa shape index (κ3) is 2.94. The predicted octanol–water partition coefficient (Wildman–Crippen LogP) is 1.11. The zero-order valence-corrected chi connectivity index (χ0v) is 9.48. The Balaban J connectivity index is 1.89. The fourth-order valence-electron chi connectivity index (χ4n) is 1.82. The molecule has 1 aromatic carbocycles. The molecule has 0 radical (unpaired) electrons. The van der Waals surface area contributed by atoms with Gasteiger partial charge in [0, 0.05) is 13.0 Å². The number of hydrogen-bond donors (Lipinski definition) is 1. The Hall–Kier alpha value is -1.62. The van der Waals surface area contributed by atoms with E-state index in [0.29, 0.717) is 18.7 Å². The van der Waals surface area contributed by atoms with Crippen LogP contribution in [-0.4, -0.2) is 31.8 Å². The van der Waals surface area contributed by atoms with Gasteiger partial charge >= 0.3 is 5.97 Å². The maximum atomic E-state index is 12.7. The molecule has 2 atom stereocenters. The molecule has 1 aromatic rings. The zero-order chi connectivity index (χ0) is 12.3. The van der Waals surface area contributed by atoms with Crippen molar-refractivity contribution in [3.63, 3.8) is 0 Å². The van der Waals surface area contributed by atoms with E-state index in [-0.39, 0.29) is 23.9 Å². The first-order valence-corrected chi connectivity index (χ1v) is 5.42. The van der Waals surface area contributed by atoms with Crippen LogP contribution in [0.3, 0.4) is 0 Å². The molecule has 0 amide bonds. The molecule has 1 saturated heterocycles. The maximum Gasteiger partial charge on any atom is 0.323 e. The number of nitrogens with one attached hydrogen (secondary N) is 1. The molecule has 1 aliphatic rings. The molecule has 92 valence electrons. The van der Waals surface area contributed by atoms with Crippen LogP contribution in [0.25, 0.3) is 0 Å². The van der Waals surface area contributed by atoms with Gasteiger partial charge in [0.1, 0.15) is 23.7 Å². The highest BCUT2D eigenvalue weighted by Gasteiger charge is 2.31. The summed E-state index contributed by atoms with van der Waals surface area (Å²) >= 11 is 0. The Bertz CT molecular complexity index is 393. The number of benzene rings is 1. The van der Waals surface area contributed by atoms with Crippen molar-refractivity contribution in [2.45, 2.75) is 18.6 Å². The van der Waals surface area contributed by atoms with Gasteiger partial charge in [0.25, 0.3) is 0 Å². The van der Waals surface area contributed by atoms with Crippen LogP contribution in [0.15, 0.2) is 24.3 Å². The van der Waals surface area contributed by atoms with Gasteiger partial charge in [-0.2, -0.15) is 0 Å². The molecular formula is C12H14FNO3. The second kappa shape index (κ2) is 5.14. The SMILES string of the molecule is COC(=O)[C@@H]1C[C@@H](Oc2ccc(F)cc2)CN1. The van der Waals surface area contributed by atoms with Gasteiger partial charge in [0.05, 0.1) is 7.11 Å². The summed E-state index contributed by atoms with van der Waals surface area (Å²) in [6, 6.07) is 5.51. The van der Waals surface area contributed by atoms with Gasteiger partial charge in [-0.25, -0.2) is 4.39 Å². The molecule has 5 heteroatoms. The van der Waals surface area contributed by atoms with Crippen molar-refractivity contribution >= 4 is 5.97 Å². The minimum absolute atomic E-state index is 0.0930. The molecule has 1 fully saturated rings. The largest absolute Gasteiger partial charge is 0.489 e. The van der Waals surface area contributed by atoms with E-state index in [2.05, 4.69) is 10.1 Å². The van der Waals surface area contributed by atoms with Crippen molar-refractivity contribution < 1.29 is 18.7 Å². The van der Waals surface area contributed by atoms with Gasteiger partial charge in [-0.3, -0.25) is 4.79 Å². The number of methoxy groups -OCH3 is 1. The first-order chi connectivity index (χ1) is 8.19. The predicted molar refractivity (Wildman–Crippen MR) is 59.2 cm³/mol. The number of esters is 1. The number of carbonyl (C=O) groups excluding carboxylic acids is 1. The van der Waals surface area contributed by atoms with E-state index in [1.54, 1.807) is 12.1 Å². The molecule has 0 bridgehead atoms. The van der Waals surface area contributed by atoms with E-state index < -0.39 is 0 Å². The van der Waals surface area contributed by atoms with Crippen LogP contribution in [0.5, 0.6) is 5.75 Å². The Morgan fingerprint density at radius 2 is 2.12 bits per heavy atom. The quantitative estimate of drug-likeness (QED) is 0.803. The number of ether oxygens (including phenoxy) is 2. The molecule has 2 rings (SSSR count). The van der Waals surface area contributed by atoms with E-state index in [1.165, 1.54) is 19.2 Å². The topological polar surface area (TPSA) is 47.6 Å². The minimum atomic E-state index is -0.314. The van der Waals surface area contributed by atoms with E-state index in [0.717, 1.165) is 0 Å². The van der Waals surface area contributed by atoms with Crippen LogP contribution < -0.4 is 10.1 Å². The van der Waals surface area contributed by atoms with Crippen LogP contribution in [-0.2, 0) is 9.53 Å². The van der Waals surface area contributed by atoms with Crippen molar-refractivity contribution in [2.75, 3.05) is 13.7 Å². The fraction of sp³-hybridized carbons (Fsp3) is 0.417. The molecule has 0 aromatic heterocycles. The summed E-state index contributed by atoms with van der Waals surface area (Å²) in [5, 5.41) is 3.02. The van der Waals surface area contributed by atoms with Gasteiger partial charge in [0.2, 0.25) is 0 Å². The van der Waals surface area contributed by atoms with E-state index in [9.17, 15) is 9.18 Å². The molecule has 0 unspecified atom stereocenters. The van der Waals surface area contributed by atoms with Gasteiger partial charge in [-0.1, -0.05) is 0 Å². The summed E-state index contributed by atoms with van der Waals surface area (Å²) in [7, 11) is 1.36. The van der Waals surface area contributed by atoms with Gasteiger partial charge < -0.3 is 14.8 Å². The first kappa shape index (κ1) is 11.9. The Labute approximate surface area is 98.7 Å². The van der Waals surface area contributed by atoms with Gasteiger partial charge in [-0.15, -0.1) is 0 Å². The van der Waals surface area contributed by atoms with E-state index in [4.69, 9.17) is 4.74 Å². The van der Waals surface area contributed by atoms with Crippen LogP contribution in [0.2, 0.25) is 0 Å². The van der Waals surface area contributed by atoms with Crippen molar-refractivity contribution in [3.05, 3.63) is 30.1 Å². The lowest BCUT2D eigenvalue weighted by Crippen LogP contribution is -2.31. The summed E-state index contributed by atoms with van der Waals surface area (Å²) < 4.78 is 22.9. The van der Waals surface area contributed by atoms with Crippen molar-refractivity contribution in [3.8, 4) is 5.75 Å². The Morgan fingerprint density at radius 1 is 1.41 bits per heavy atom. The first-order valence-electron chi connectivity index (χ1n) is 5.42. The lowest BCUT2D eigenvalue weighted by molar-refractivity contribution is -0.142. The average molecular weight is 239 g/mol. The van der Waals surface area contributed by atoms with Gasteiger partial charge in [0.15, 0.2) is 0 Å². The molecule has 1 heterocycles. The highest BCUT2D eigenvalue weighted by atomic mass is 19.1. The van der Waals surface area contributed by atoms with Crippen molar-refractivity contribution in [2.24, 2.45) is 0 Å². The van der Waals surface area contributed by atoms with Crippen LogP contribution >= 0.6 is 0 Å². The number of halogens is 1. The normalized spacial score (nSPS) is 23.4. The third-order valence-corrected chi connectivity index (χ3v) is 2.69. The Kier molecular flexibility index (Phi) is 3.58. The smallest absolute Gasteiger partial charge is 0.323 e. The van der Waals surface area contributed by atoms with E-state index in [1.807, 2.05) is 0 Å². The molecule has 0 saturated carbocycles. The second-order valence-electron chi connectivity index (χ2n) is 3.91. The number of carbonyl (C=O) groups is 1. The number of rotatable bonds is 3. The molecule has 1 N–H and O–H groups in total. The minimum Gasteiger partial charge on any atom is -0.489 e. The lowest BCUT2D eigenvalue weighted by Gasteiger charge is -2.12. The van der Waals surface area contributed by atoms with Crippen molar-refractivity contribution in [1.82, 2.24) is 5.32 Å². The summed E-state index contributed by atoms with van der Waals surface area (Å²) in [4.78, 5) is 11.3. The maximum absolute atomic E-state index is 12.7. The highest BCUT2D eigenvalue weighted by molar-refractivity contribution is 5.76. The number of hydrogen-bond acceptors (Lipinski definition) is 4. The third-order valence-electron chi connectivity index (χ3n) is 2.69. The highest BCUT2D eigenvalue weighted by Crippen LogP contribution is 2.18. The zero-order valence-electron chi connectivity index (χ0n) is 9.48. The average Bonchev–Trinajstić information content (AvgIpc) is 2.80. The molecular weight excluding hydrogens is 225 g/mol. The van der Waals surface area contributed by atoms with Crippen molar-refractivity contribution in [1.29, 1.82) is 0 Å². The summed E-state index contributed by atoms with van der Waals surface area (Å²) in [6.07, 6.45) is 0.467. The monoisotopic (exact) mass is 239 g/mol. The van der Waals surface area contributed by atoms with Crippen LogP contribution in [0, 0.1) is 5.82 Å². The van der Waals surface area contributed by atoms with Crippen LogP contribution in [0.4, 0.5) is 4.39 Å². The van der Waals surface area contributed by atoms with E-state index >= 15 is 0 Å². The molecule has 4 nitrogen and oxygen atoms in total. The molecule has 0 aliphatic carbocycles. The fourth-order valence-corrected chi connectivity index (χ4v) is 1.82. The molecule has 0 spiro atoms. The Morgan fingerprint density at radius 3 is 2.76 bits per heavy atom. The molecule has 17 heavy (non-hydrogen) atoms. The van der Waals surface area contributed by atoms with Crippen LogP contribution in [0.1, 0.15) is 6.42 Å². The second-order valence-corrected chi connectivity index (χ2v) is 3.91. The van der Waals surface area contributed by atoms with Gasteiger partial charge in [-0.05, 0) is 24.3 Å². The molecule has 1 aliphatic heterocycles.